The van der Waals surface area contributed by atoms with Gasteiger partial charge in [0.2, 0.25) is 5.78 Å². The number of amides is 2. The van der Waals surface area contributed by atoms with Crippen LogP contribution in [0.1, 0.15) is 17.2 Å². The molecule has 0 bridgehead atoms. The standard InChI is InChI=1S/C19H16F4N2O5/c1-30-13-8-9(2-7-12(13)26)15-14(16(27)19(21,22)23)18(29,25-17(28)24-15)10-3-5-11(20)6-4-10/h2-8,14-15,26,29H,1H3,(H2,24,25,28)/t14-,15+,18-/m1/s1. The topological polar surface area (TPSA) is 108 Å². The van der Waals surface area contributed by atoms with Gasteiger partial charge in [-0.05, 0) is 29.8 Å². The third kappa shape index (κ3) is 3.75. The summed E-state index contributed by atoms with van der Waals surface area (Å²) in [5.74, 6) is -5.78. The molecule has 1 fully saturated rings. The van der Waals surface area contributed by atoms with Gasteiger partial charge in [0.05, 0.1) is 13.2 Å². The maximum atomic E-state index is 13.4. The second kappa shape index (κ2) is 7.48. The maximum Gasteiger partial charge on any atom is 0.450 e. The zero-order valence-corrected chi connectivity index (χ0v) is 15.3. The lowest BCUT2D eigenvalue weighted by Crippen LogP contribution is -2.66. The molecule has 30 heavy (non-hydrogen) atoms. The first-order valence-electron chi connectivity index (χ1n) is 8.52. The Bertz CT molecular complexity index is 980. The zero-order valence-electron chi connectivity index (χ0n) is 15.3. The second-order valence-electron chi connectivity index (χ2n) is 6.62. The smallest absolute Gasteiger partial charge is 0.450 e. The molecule has 2 aromatic carbocycles. The zero-order chi connectivity index (χ0) is 22.3. The summed E-state index contributed by atoms with van der Waals surface area (Å²) in [5.41, 5.74) is -3.17. The largest absolute Gasteiger partial charge is 0.504 e. The molecule has 11 heteroatoms. The van der Waals surface area contributed by atoms with E-state index in [4.69, 9.17) is 4.74 Å². The predicted octanol–water partition coefficient (Wildman–Crippen LogP) is 2.49. The van der Waals surface area contributed by atoms with Crippen molar-refractivity contribution in [3.05, 3.63) is 59.4 Å². The number of phenolic OH excluding ortho intramolecular Hbond substituents is 1. The number of ketones is 1. The number of hydrogen-bond donors (Lipinski definition) is 4. The van der Waals surface area contributed by atoms with Crippen molar-refractivity contribution in [2.75, 3.05) is 7.11 Å². The summed E-state index contributed by atoms with van der Waals surface area (Å²) in [6.45, 7) is 0. The van der Waals surface area contributed by atoms with Crippen LogP contribution in [-0.4, -0.2) is 35.3 Å². The Kier molecular flexibility index (Phi) is 5.33. The quantitative estimate of drug-likeness (QED) is 0.560. The number of hydrogen-bond acceptors (Lipinski definition) is 5. The summed E-state index contributed by atoms with van der Waals surface area (Å²) in [5, 5.41) is 25.0. The second-order valence-corrected chi connectivity index (χ2v) is 6.62. The van der Waals surface area contributed by atoms with Crippen molar-refractivity contribution in [3.63, 3.8) is 0 Å². The van der Waals surface area contributed by atoms with Crippen LogP contribution >= 0.6 is 0 Å². The van der Waals surface area contributed by atoms with E-state index in [0.717, 1.165) is 36.4 Å². The highest BCUT2D eigenvalue weighted by Gasteiger charge is 2.59. The number of nitrogens with one attached hydrogen (secondary N) is 2. The summed E-state index contributed by atoms with van der Waals surface area (Å²) in [7, 11) is 1.20. The number of halogens is 4. The van der Waals surface area contributed by atoms with Crippen LogP contribution < -0.4 is 15.4 Å². The SMILES string of the molecule is COc1cc([C@@H]2NC(=O)N[C@@](O)(c3ccc(F)cc3)[C@H]2C(=O)C(F)(F)F)ccc1O. The van der Waals surface area contributed by atoms with Crippen molar-refractivity contribution < 1.29 is 42.1 Å². The Hall–Kier alpha value is -3.34. The minimum Gasteiger partial charge on any atom is -0.504 e. The molecule has 4 N–H and O–H groups in total. The number of carbonyl (C=O) groups is 2. The molecule has 7 nitrogen and oxygen atoms in total. The monoisotopic (exact) mass is 428 g/mol. The van der Waals surface area contributed by atoms with Crippen molar-refractivity contribution in [1.82, 2.24) is 10.6 Å². The van der Waals surface area contributed by atoms with Crippen molar-refractivity contribution in [3.8, 4) is 11.5 Å². The molecule has 160 valence electrons. The average molecular weight is 428 g/mol. The van der Waals surface area contributed by atoms with Gasteiger partial charge in [-0.2, -0.15) is 13.2 Å². The lowest BCUT2D eigenvalue weighted by molar-refractivity contribution is -0.190. The van der Waals surface area contributed by atoms with Crippen LogP contribution in [0.4, 0.5) is 22.4 Å². The molecule has 0 saturated carbocycles. The van der Waals surface area contributed by atoms with E-state index < -0.39 is 41.5 Å². The van der Waals surface area contributed by atoms with Gasteiger partial charge in [0, 0.05) is 5.56 Å². The number of ether oxygens (including phenoxy) is 1. The lowest BCUT2D eigenvalue weighted by atomic mass is 9.76. The molecule has 1 heterocycles. The number of alkyl halides is 3. The van der Waals surface area contributed by atoms with Crippen molar-refractivity contribution >= 4 is 11.8 Å². The van der Waals surface area contributed by atoms with Crippen LogP contribution in [0, 0.1) is 11.7 Å². The molecule has 0 spiro atoms. The number of benzene rings is 2. The van der Waals surface area contributed by atoms with E-state index >= 15 is 0 Å². The Morgan fingerprint density at radius 3 is 2.37 bits per heavy atom. The Labute approximate surface area is 167 Å². The fourth-order valence-corrected chi connectivity index (χ4v) is 3.39. The third-order valence-corrected chi connectivity index (χ3v) is 4.78. The molecule has 3 rings (SSSR count). The van der Waals surface area contributed by atoms with Gasteiger partial charge in [0.15, 0.2) is 17.2 Å². The summed E-state index contributed by atoms with van der Waals surface area (Å²) in [6.07, 6.45) is -5.36. The van der Waals surface area contributed by atoms with Gasteiger partial charge in [-0.1, -0.05) is 18.2 Å². The van der Waals surface area contributed by atoms with Gasteiger partial charge >= 0.3 is 12.2 Å². The Morgan fingerprint density at radius 2 is 1.80 bits per heavy atom. The Balaban J connectivity index is 2.20. The molecule has 1 saturated heterocycles. The van der Waals surface area contributed by atoms with Crippen LogP contribution in [0.15, 0.2) is 42.5 Å². The number of carbonyl (C=O) groups excluding carboxylic acids is 2. The first-order valence-corrected chi connectivity index (χ1v) is 8.52. The predicted molar refractivity (Wildman–Crippen MR) is 93.9 cm³/mol. The highest BCUT2D eigenvalue weighted by atomic mass is 19.4. The lowest BCUT2D eigenvalue weighted by Gasteiger charge is -2.45. The number of methoxy groups -OCH3 is 1. The first kappa shape index (κ1) is 21.4. The molecule has 1 aliphatic rings. The van der Waals surface area contributed by atoms with Gasteiger partial charge in [0.25, 0.3) is 0 Å². The van der Waals surface area contributed by atoms with Crippen molar-refractivity contribution in [2.45, 2.75) is 17.9 Å². The average Bonchev–Trinajstić information content (AvgIpc) is 2.67. The fraction of sp³-hybridized carbons (Fsp3) is 0.263. The number of aliphatic hydroxyl groups is 1. The molecule has 0 radical (unpaired) electrons. The number of urea groups is 1. The summed E-state index contributed by atoms with van der Waals surface area (Å²) >= 11 is 0. The van der Waals surface area contributed by atoms with Crippen LogP contribution in [0.2, 0.25) is 0 Å². The number of rotatable bonds is 4. The van der Waals surface area contributed by atoms with E-state index in [2.05, 4.69) is 5.32 Å². The van der Waals surface area contributed by atoms with E-state index in [-0.39, 0.29) is 22.6 Å². The minimum atomic E-state index is -5.36. The van der Waals surface area contributed by atoms with Crippen LogP contribution in [0.3, 0.4) is 0 Å². The molecule has 1 aliphatic heterocycles. The van der Waals surface area contributed by atoms with Gasteiger partial charge in [-0.25, -0.2) is 9.18 Å². The summed E-state index contributed by atoms with van der Waals surface area (Å²) < 4.78 is 58.5. The van der Waals surface area contributed by atoms with Crippen LogP contribution in [0.25, 0.3) is 0 Å². The van der Waals surface area contributed by atoms with Crippen molar-refractivity contribution in [2.24, 2.45) is 5.92 Å². The maximum absolute atomic E-state index is 13.4. The molecule has 0 unspecified atom stereocenters. The minimum absolute atomic E-state index is 0.0392. The molecule has 2 amide bonds. The molecule has 3 atom stereocenters. The summed E-state index contributed by atoms with van der Waals surface area (Å²) in [6, 6.07) is 4.36. The summed E-state index contributed by atoms with van der Waals surface area (Å²) in [4.78, 5) is 24.6. The fourth-order valence-electron chi connectivity index (χ4n) is 3.39. The van der Waals surface area contributed by atoms with Gasteiger partial charge in [-0.15, -0.1) is 0 Å². The molecular weight excluding hydrogens is 412 g/mol. The number of Topliss-reactive ketones (excluding diaryl/α,β-unsaturated/α-hetero) is 1. The molecule has 0 aromatic heterocycles. The third-order valence-electron chi connectivity index (χ3n) is 4.78. The van der Waals surface area contributed by atoms with E-state index in [1.165, 1.54) is 13.2 Å². The van der Waals surface area contributed by atoms with Gasteiger partial charge in [-0.3, -0.25) is 4.79 Å². The highest BCUT2D eigenvalue weighted by Crippen LogP contribution is 2.44. The normalized spacial score (nSPS) is 24.0. The molecule has 0 aliphatic carbocycles. The first-order chi connectivity index (χ1) is 14.0. The number of phenols is 1. The Morgan fingerprint density at radius 1 is 1.17 bits per heavy atom. The van der Waals surface area contributed by atoms with E-state index in [1.807, 2.05) is 5.32 Å². The van der Waals surface area contributed by atoms with Crippen LogP contribution in [0.5, 0.6) is 11.5 Å². The molecular formula is C19H16F4N2O5. The molecule has 2 aromatic rings. The van der Waals surface area contributed by atoms with Gasteiger partial charge < -0.3 is 25.6 Å². The highest BCUT2D eigenvalue weighted by molar-refractivity contribution is 5.91. The van der Waals surface area contributed by atoms with Crippen LogP contribution in [-0.2, 0) is 10.5 Å². The van der Waals surface area contributed by atoms with E-state index in [0.29, 0.717) is 0 Å². The van der Waals surface area contributed by atoms with Crippen molar-refractivity contribution in [1.29, 1.82) is 0 Å². The number of aromatic hydroxyl groups is 1. The van der Waals surface area contributed by atoms with E-state index in [1.54, 1.807) is 0 Å². The van der Waals surface area contributed by atoms with Gasteiger partial charge in [0.1, 0.15) is 11.7 Å². The van der Waals surface area contributed by atoms with E-state index in [9.17, 15) is 37.4 Å².